The molecule has 0 radical (unpaired) electrons. The molecule has 2 fully saturated rings. The average Bonchev–Trinajstić information content (AvgIpc) is 3.35. The first-order valence-electron chi connectivity index (χ1n) is 7.71. The van der Waals surface area contributed by atoms with Crippen LogP contribution in [0.3, 0.4) is 0 Å². The fourth-order valence-corrected chi connectivity index (χ4v) is 4.11. The van der Waals surface area contributed by atoms with Crippen LogP contribution in [0.2, 0.25) is 0 Å². The molecule has 4 heteroatoms. The number of hydrogen-bond donors (Lipinski definition) is 2. The van der Waals surface area contributed by atoms with E-state index in [-0.39, 0.29) is 11.8 Å². The minimum Gasteiger partial charge on any atom is -0.481 e. The maximum Gasteiger partial charge on any atom is 0.307 e. The number of aryl methyl sites for hydroxylation is 1. The monoisotopic (exact) mass is 285 g/mol. The second kappa shape index (κ2) is 4.33. The van der Waals surface area contributed by atoms with Crippen molar-refractivity contribution in [1.29, 1.82) is 0 Å². The number of carbonyl (C=O) groups is 2. The van der Waals surface area contributed by atoms with Gasteiger partial charge in [-0.1, -0.05) is 24.3 Å². The molecule has 2 N–H and O–H groups in total. The molecule has 0 saturated heterocycles. The van der Waals surface area contributed by atoms with Crippen molar-refractivity contribution in [3.05, 3.63) is 35.4 Å². The van der Waals surface area contributed by atoms with Gasteiger partial charge in [-0.2, -0.15) is 0 Å². The first-order valence-corrected chi connectivity index (χ1v) is 7.71. The highest BCUT2D eigenvalue weighted by Crippen LogP contribution is 2.61. The number of amides is 1. The Morgan fingerprint density at radius 2 is 2.10 bits per heavy atom. The zero-order valence-electron chi connectivity index (χ0n) is 11.8. The fourth-order valence-electron chi connectivity index (χ4n) is 4.11. The van der Waals surface area contributed by atoms with Crippen molar-refractivity contribution >= 4 is 11.9 Å². The van der Waals surface area contributed by atoms with Gasteiger partial charge in [-0.25, -0.2) is 0 Å². The van der Waals surface area contributed by atoms with Gasteiger partial charge in [-0.15, -0.1) is 0 Å². The summed E-state index contributed by atoms with van der Waals surface area (Å²) in [4.78, 5) is 22.7. The molecule has 4 atom stereocenters. The van der Waals surface area contributed by atoms with Crippen LogP contribution in [-0.4, -0.2) is 23.5 Å². The lowest BCUT2D eigenvalue weighted by Crippen LogP contribution is -2.29. The van der Waals surface area contributed by atoms with E-state index in [1.807, 2.05) is 0 Å². The Bertz CT molecular complexity index is 626. The molecule has 4 rings (SSSR count). The van der Waals surface area contributed by atoms with Crippen LogP contribution in [0.15, 0.2) is 24.3 Å². The Morgan fingerprint density at radius 1 is 1.29 bits per heavy atom. The number of carboxylic acid groups (broad SMARTS) is 1. The van der Waals surface area contributed by atoms with Crippen molar-refractivity contribution < 1.29 is 14.7 Å². The summed E-state index contributed by atoms with van der Waals surface area (Å²) in [6.45, 7) is 0.690. The first-order chi connectivity index (χ1) is 10.1. The summed E-state index contributed by atoms with van der Waals surface area (Å²) in [5.74, 6) is -1.15. The maximum absolute atomic E-state index is 11.9. The third-order valence-corrected chi connectivity index (χ3v) is 5.59. The number of hydrogen-bond acceptors (Lipinski definition) is 2. The van der Waals surface area contributed by atoms with Crippen LogP contribution >= 0.6 is 0 Å². The summed E-state index contributed by atoms with van der Waals surface area (Å²) in [5, 5.41) is 11.8. The molecular weight excluding hydrogens is 266 g/mol. The molecule has 1 amide bonds. The largest absolute Gasteiger partial charge is 0.481 e. The topological polar surface area (TPSA) is 66.4 Å². The van der Waals surface area contributed by atoms with Crippen LogP contribution < -0.4 is 5.32 Å². The summed E-state index contributed by atoms with van der Waals surface area (Å²) >= 11 is 0. The molecule has 110 valence electrons. The Labute approximate surface area is 123 Å². The van der Waals surface area contributed by atoms with Crippen LogP contribution in [0, 0.1) is 17.8 Å². The number of aliphatic carboxylic acids is 1. The van der Waals surface area contributed by atoms with Crippen LogP contribution in [0.4, 0.5) is 0 Å². The standard InChI is InChI=1S/C17H19NO3/c19-15(12-7-13(12)16(20)21)18-9-11-8-17(11)6-5-10-3-1-2-4-14(10)17/h1-4,11-13H,5-9H2,(H,18,19)(H,20,21)/t11-,12+,13-,17+/m1/s1. The van der Waals surface area contributed by atoms with Crippen LogP contribution in [-0.2, 0) is 21.4 Å². The van der Waals surface area contributed by atoms with Crippen molar-refractivity contribution in [1.82, 2.24) is 5.32 Å². The second-order valence-electron chi connectivity index (χ2n) is 6.75. The molecule has 0 unspecified atom stereocenters. The average molecular weight is 285 g/mol. The zero-order chi connectivity index (χ0) is 14.6. The third-order valence-electron chi connectivity index (χ3n) is 5.59. The minimum atomic E-state index is -0.845. The molecule has 0 bridgehead atoms. The Balaban J connectivity index is 1.35. The lowest BCUT2D eigenvalue weighted by Gasteiger charge is -2.12. The van der Waals surface area contributed by atoms with E-state index in [0.29, 0.717) is 24.3 Å². The second-order valence-corrected chi connectivity index (χ2v) is 6.75. The van der Waals surface area contributed by atoms with E-state index in [9.17, 15) is 9.59 Å². The van der Waals surface area contributed by atoms with E-state index < -0.39 is 11.9 Å². The number of carbonyl (C=O) groups excluding carboxylic acids is 1. The highest BCUT2D eigenvalue weighted by Gasteiger charge is 2.58. The number of rotatable bonds is 4. The molecular formula is C17H19NO3. The van der Waals surface area contributed by atoms with Gasteiger partial charge in [0.15, 0.2) is 0 Å². The molecule has 3 aliphatic carbocycles. The van der Waals surface area contributed by atoms with E-state index >= 15 is 0 Å². The van der Waals surface area contributed by atoms with Crippen LogP contribution in [0.5, 0.6) is 0 Å². The Hall–Kier alpha value is -1.84. The summed E-state index contributed by atoms with van der Waals surface area (Å²) in [6, 6.07) is 8.63. The number of nitrogens with one attached hydrogen (secondary N) is 1. The van der Waals surface area contributed by atoms with Gasteiger partial charge in [-0.3, -0.25) is 9.59 Å². The Kier molecular flexibility index (Phi) is 2.65. The summed E-state index contributed by atoms with van der Waals surface area (Å²) in [7, 11) is 0. The smallest absolute Gasteiger partial charge is 0.307 e. The van der Waals surface area contributed by atoms with Gasteiger partial charge in [0.25, 0.3) is 0 Å². The van der Waals surface area contributed by atoms with Gasteiger partial charge in [0.2, 0.25) is 5.91 Å². The molecule has 0 aromatic heterocycles. The van der Waals surface area contributed by atoms with E-state index in [0.717, 1.165) is 12.8 Å². The van der Waals surface area contributed by atoms with Gasteiger partial charge in [-0.05, 0) is 42.7 Å². The predicted octanol–water partition coefficient (Wildman–Crippen LogP) is 1.73. The maximum atomic E-state index is 11.9. The van der Waals surface area contributed by atoms with Gasteiger partial charge >= 0.3 is 5.97 Å². The van der Waals surface area contributed by atoms with Crippen molar-refractivity contribution in [2.24, 2.45) is 17.8 Å². The number of carboxylic acids is 1. The van der Waals surface area contributed by atoms with E-state index in [1.165, 1.54) is 17.5 Å². The molecule has 1 spiro atoms. The minimum absolute atomic E-state index is 0.0734. The van der Waals surface area contributed by atoms with Crippen molar-refractivity contribution in [2.45, 2.75) is 31.1 Å². The van der Waals surface area contributed by atoms with Gasteiger partial charge < -0.3 is 10.4 Å². The molecule has 0 heterocycles. The van der Waals surface area contributed by atoms with E-state index in [4.69, 9.17) is 5.11 Å². The van der Waals surface area contributed by atoms with Gasteiger partial charge in [0.05, 0.1) is 11.8 Å². The third kappa shape index (κ3) is 1.96. The quantitative estimate of drug-likeness (QED) is 0.885. The molecule has 2 saturated carbocycles. The van der Waals surface area contributed by atoms with Gasteiger partial charge in [0, 0.05) is 12.0 Å². The lowest BCUT2D eigenvalue weighted by molar-refractivity contribution is -0.140. The molecule has 1 aromatic carbocycles. The lowest BCUT2D eigenvalue weighted by atomic mass is 9.95. The Morgan fingerprint density at radius 3 is 2.86 bits per heavy atom. The predicted molar refractivity (Wildman–Crippen MR) is 76.8 cm³/mol. The molecule has 3 aliphatic rings. The van der Waals surface area contributed by atoms with Gasteiger partial charge in [0.1, 0.15) is 0 Å². The number of fused-ring (bicyclic) bond motifs is 2. The van der Waals surface area contributed by atoms with Crippen LogP contribution in [0.25, 0.3) is 0 Å². The van der Waals surface area contributed by atoms with Crippen molar-refractivity contribution in [3.8, 4) is 0 Å². The van der Waals surface area contributed by atoms with Crippen molar-refractivity contribution in [3.63, 3.8) is 0 Å². The number of benzene rings is 1. The van der Waals surface area contributed by atoms with Crippen LogP contribution in [0.1, 0.15) is 30.4 Å². The molecule has 21 heavy (non-hydrogen) atoms. The summed E-state index contributed by atoms with van der Waals surface area (Å²) in [5.41, 5.74) is 3.22. The normalized spacial score (nSPS) is 35.3. The fraction of sp³-hybridized carbons (Fsp3) is 0.529. The SMILES string of the molecule is O=C(NC[C@H]1C[C@@]12CCc1ccccc12)[C@H]1C[C@H]1C(=O)O. The van der Waals surface area contributed by atoms with E-state index in [1.54, 1.807) is 0 Å². The van der Waals surface area contributed by atoms with Crippen molar-refractivity contribution in [2.75, 3.05) is 6.54 Å². The highest BCUT2D eigenvalue weighted by atomic mass is 16.4. The molecule has 4 nitrogen and oxygen atoms in total. The first kappa shape index (κ1) is 12.9. The summed E-state index contributed by atoms with van der Waals surface area (Å²) < 4.78 is 0. The summed E-state index contributed by atoms with van der Waals surface area (Å²) in [6.07, 6.45) is 3.98. The highest BCUT2D eigenvalue weighted by molar-refractivity contribution is 5.89. The molecule has 0 aliphatic heterocycles. The molecule has 1 aromatic rings. The zero-order valence-corrected chi connectivity index (χ0v) is 11.8. The van der Waals surface area contributed by atoms with E-state index in [2.05, 4.69) is 29.6 Å².